The Morgan fingerprint density at radius 1 is 1.11 bits per heavy atom. The quantitative estimate of drug-likeness (QED) is 0.204. The van der Waals surface area contributed by atoms with Crippen LogP contribution in [0.3, 0.4) is 0 Å². The molecule has 1 aliphatic rings. The number of ether oxygens (including phenoxy) is 3. The molecule has 3 aromatic carbocycles. The molecule has 0 radical (unpaired) electrons. The van der Waals surface area contributed by atoms with E-state index in [-0.39, 0.29) is 30.5 Å². The molecule has 5 rings (SSSR count). The summed E-state index contributed by atoms with van der Waals surface area (Å²) in [5.41, 5.74) is 4.38. The first-order valence-electron chi connectivity index (χ1n) is 15.8. The zero-order valence-corrected chi connectivity index (χ0v) is 27.8. The van der Waals surface area contributed by atoms with Gasteiger partial charge in [-0.25, -0.2) is 9.78 Å². The summed E-state index contributed by atoms with van der Waals surface area (Å²) in [5, 5.41) is 15.1. The fourth-order valence-electron chi connectivity index (χ4n) is 5.94. The number of benzene rings is 3. The Kier molecular flexibility index (Phi) is 9.42. The Hall–Kier alpha value is -4.78. The summed E-state index contributed by atoms with van der Waals surface area (Å²) in [6.07, 6.45) is 1.05. The third kappa shape index (κ3) is 6.74. The van der Waals surface area contributed by atoms with Crippen LogP contribution in [0.2, 0.25) is 0 Å². The molecule has 2 heterocycles. The van der Waals surface area contributed by atoms with Crippen LogP contribution < -0.4 is 10.1 Å². The summed E-state index contributed by atoms with van der Waals surface area (Å²) in [6, 6.07) is 16.1. The standard InChI is InChI=1S/C36H43N5O5/c1-22(2)34-39-32-23(3)33(38-17-14-31(42)44-7)30(45-25-15-18-40(19-16-25)35(43)46-36(4,5)6)20-29(32)41(34)28-13-12-24(21-37)26-10-8-9-11-27(26)28/h8-13,20,22,25,38H,14-19H2,1-7H3. The third-order valence-electron chi connectivity index (χ3n) is 8.21. The number of amides is 1. The molecule has 1 aromatic heterocycles. The van der Waals surface area contributed by atoms with Gasteiger partial charge in [-0.1, -0.05) is 38.1 Å². The summed E-state index contributed by atoms with van der Waals surface area (Å²) in [4.78, 5) is 31.5. The van der Waals surface area contributed by atoms with Gasteiger partial charge in [0.15, 0.2) is 0 Å². The van der Waals surface area contributed by atoms with Gasteiger partial charge in [0.05, 0.1) is 47.6 Å². The molecule has 46 heavy (non-hydrogen) atoms. The molecule has 1 amide bonds. The average Bonchev–Trinajstić information content (AvgIpc) is 3.41. The fourth-order valence-corrected chi connectivity index (χ4v) is 5.94. The maximum atomic E-state index is 12.7. The minimum Gasteiger partial charge on any atom is -0.488 e. The Morgan fingerprint density at radius 2 is 1.80 bits per heavy atom. The monoisotopic (exact) mass is 625 g/mol. The molecule has 0 atom stereocenters. The molecule has 0 bridgehead atoms. The second kappa shape index (κ2) is 13.3. The Labute approximate surface area is 270 Å². The third-order valence-corrected chi connectivity index (χ3v) is 8.21. The van der Waals surface area contributed by atoms with Crippen LogP contribution in [-0.4, -0.2) is 65.0 Å². The van der Waals surface area contributed by atoms with Gasteiger partial charge in [0.25, 0.3) is 0 Å². The minimum atomic E-state index is -0.555. The summed E-state index contributed by atoms with van der Waals surface area (Å²) in [6.45, 7) is 13.3. The van der Waals surface area contributed by atoms with Gasteiger partial charge in [-0.2, -0.15) is 5.26 Å². The van der Waals surface area contributed by atoms with Crippen LogP contribution in [0.25, 0.3) is 27.5 Å². The number of nitrogens with zero attached hydrogens (tertiary/aromatic N) is 4. The minimum absolute atomic E-state index is 0.0958. The van der Waals surface area contributed by atoms with Crippen LogP contribution in [0.15, 0.2) is 42.5 Å². The normalized spacial score (nSPS) is 14.0. The zero-order valence-electron chi connectivity index (χ0n) is 27.8. The lowest BCUT2D eigenvalue weighted by molar-refractivity contribution is -0.140. The van der Waals surface area contributed by atoms with E-state index in [1.165, 1.54) is 7.11 Å². The molecule has 1 aliphatic heterocycles. The van der Waals surface area contributed by atoms with E-state index in [1.54, 1.807) is 4.90 Å². The second-order valence-electron chi connectivity index (χ2n) is 13.0. The van der Waals surface area contributed by atoms with Crippen molar-refractivity contribution in [3.8, 4) is 17.5 Å². The molecule has 1 N–H and O–H groups in total. The molecule has 1 fully saturated rings. The number of imidazole rings is 1. The molecule has 10 nitrogen and oxygen atoms in total. The van der Waals surface area contributed by atoms with Gasteiger partial charge < -0.3 is 24.4 Å². The number of piperidine rings is 1. The van der Waals surface area contributed by atoms with E-state index in [0.717, 1.165) is 44.6 Å². The van der Waals surface area contributed by atoms with Gasteiger partial charge in [0.1, 0.15) is 23.3 Å². The van der Waals surface area contributed by atoms with E-state index in [0.29, 0.717) is 43.8 Å². The van der Waals surface area contributed by atoms with Gasteiger partial charge >= 0.3 is 12.1 Å². The first-order valence-corrected chi connectivity index (χ1v) is 15.8. The Morgan fingerprint density at radius 3 is 2.43 bits per heavy atom. The lowest BCUT2D eigenvalue weighted by atomic mass is 10.0. The number of nitrogens with one attached hydrogen (secondary N) is 1. The highest BCUT2D eigenvalue weighted by Gasteiger charge is 2.29. The Balaban J connectivity index is 1.58. The van der Waals surface area contributed by atoms with E-state index >= 15 is 0 Å². The smallest absolute Gasteiger partial charge is 0.410 e. The number of rotatable bonds is 8. The van der Waals surface area contributed by atoms with E-state index in [1.807, 2.05) is 70.2 Å². The number of likely N-dealkylation sites (tertiary alicyclic amines) is 1. The van der Waals surface area contributed by atoms with Crippen molar-refractivity contribution in [1.29, 1.82) is 5.26 Å². The molecular weight excluding hydrogens is 582 g/mol. The summed E-state index contributed by atoms with van der Waals surface area (Å²) >= 11 is 0. The van der Waals surface area contributed by atoms with Gasteiger partial charge in [0.2, 0.25) is 0 Å². The van der Waals surface area contributed by atoms with Crippen LogP contribution >= 0.6 is 0 Å². The molecule has 0 aliphatic carbocycles. The fraction of sp³-hybridized carbons (Fsp3) is 0.444. The summed E-state index contributed by atoms with van der Waals surface area (Å²) in [5.74, 6) is 1.33. The number of nitriles is 1. The van der Waals surface area contributed by atoms with Crippen LogP contribution in [-0.2, 0) is 14.3 Å². The van der Waals surface area contributed by atoms with E-state index in [4.69, 9.17) is 19.2 Å². The number of carbonyl (C=O) groups excluding carboxylic acids is 2. The number of aromatic nitrogens is 2. The van der Waals surface area contributed by atoms with Gasteiger partial charge in [-0.15, -0.1) is 0 Å². The number of hydrogen-bond acceptors (Lipinski definition) is 8. The molecule has 0 unspecified atom stereocenters. The molecule has 242 valence electrons. The van der Waals surface area contributed by atoms with Gasteiger partial charge in [-0.05, 0) is 39.8 Å². The van der Waals surface area contributed by atoms with Crippen LogP contribution in [0.4, 0.5) is 10.5 Å². The van der Waals surface area contributed by atoms with Crippen LogP contribution in [0.5, 0.6) is 5.75 Å². The number of hydrogen-bond donors (Lipinski definition) is 1. The van der Waals surface area contributed by atoms with Crippen molar-refractivity contribution in [2.24, 2.45) is 0 Å². The summed E-state index contributed by atoms with van der Waals surface area (Å²) < 4.78 is 19.3. The highest BCUT2D eigenvalue weighted by Crippen LogP contribution is 2.40. The van der Waals surface area contributed by atoms with Crippen molar-refractivity contribution in [1.82, 2.24) is 14.5 Å². The second-order valence-corrected chi connectivity index (χ2v) is 13.0. The van der Waals surface area contributed by atoms with Crippen molar-refractivity contribution >= 4 is 39.6 Å². The van der Waals surface area contributed by atoms with Gasteiger partial charge in [-0.3, -0.25) is 9.36 Å². The van der Waals surface area contributed by atoms with Crippen LogP contribution in [0.1, 0.15) is 76.8 Å². The van der Waals surface area contributed by atoms with Gasteiger partial charge in [0, 0.05) is 60.8 Å². The van der Waals surface area contributed by atoms with Crippen LogP contribution in [0, 0.1) is 18.3 Å². The predicted octanol–water partition coefficient (Wildman–Crippen LogP) is 7.24. The molecule has 0 spiro atoms. The number of methoxy groups -OCH3 is 1. The van der Waals surface area contributed by atoms with Crippen molar-refractivity contribution < 1.29 is 23.8 Å². The lowest BCUT2D eigenvalue weighted by Crippen LogP contribution is -2.44. The van der Waals surface area contributed by atoms with Crippen molar-refractivity contribution in [2.75, 3.05) is 32.1 Å². The average molecular weight is 626 g/mol. The number of aryl methyl sites for hydroxylation is 1. The largest absolute Gasteiger partial charge is 0.488 e. The first-order chi connectivity index (χ1) is 21.9. The lowest BCUT2D eigenvalue weighted by Gasteiger charge is -2.34. The number of esters is 1. The SMILES string of the molecule is COC(=O)CCNc1c(OC2CCN(C(=O)OC(C)(C)C)CC2)cc2c(nc(C(C)C)n2-c2ccc(C#N)c3ccccc23)c1C. The molecular formula is C36H43N5O5. The topological polar surface area (TPSA) is 119 Å². The summed E-state index contributed by atoms with van der Waals surface area (Å²) in [7, 11) is 1.38. The molecule has 1 saturated heterocycles. The zero-order chi connectivity index (χ0) is 33.2. The van der Waals surface area contributed by atoms with Crippen molar-refractivity contribution in [2.45, 2.75) is 78.4 Å². The van der Waals surface area contributed by atoms with E-state index in [2.05, 4.69) is 29.8 Å². The number of carbonyl (C=O) groups is 2. The Bertz CT molecular complexity index is 1810. The molecule has 0 saturated carbocycles. The first kappa shape index (κ1) is 32.6. The predicted molar refractivity (Wildman–Crippen MR) is 179 cm³/mol. The maximum Gasteiger partial charge on any atom is 0.410 e. The molecule has 4 aromatic rings. The van der Waals surface area contributed by atoms with Crippen molar-refractivity contribution in [3.05, 3.63) is 59.4 Å². The highest BCUT2D eigenvalue weighted by atomic mass is 16.6. The maximum absolute atomic E-state index is 12.7. The number of fused-ring (bicyclic) bond motifs is 2. The van der Waals surface area contributed by atoms with Crippen molar-refractivity contribution in [3.63, 3.8) is 0 Å². The molecule has 10 heteroatoms. The highest BCUT2D eigenvalue weighted by molar-refractivity contribution is 5.97. The van der Waals surface area contributed by atoms with E-state index < -0.39 is 5.60 Å². The number of anilines is 1. The van der Waals surface area contributed by atoms with E-state index in [9.17, 15) is 14.9 Å².